The molecule has 1 heterocycles. The molecule has 0 atom stereocenters. The highest BCUT2D eigenvalue weighted by Crippen LogP contribution is 2.19. The van der Waals surface area contributed by atoms with Crippen LogP contribution in [0.4, 0.5) is 14.6 Å². The van der Waals surface area contributed by atoms with Gasteiger partial charge in [0.25, 0.3) is 0 Å². The lowest BCUT2D eigenvalue weighted by Crippen LogP contribution is -1.99. The Balaban J connectivity index is 2.34. The van der Waals surface area contributed by atoms with Crippen LogP contribution in [0.2, 0.25) is 0 Å². The first kappa shape index (κ1) is 11.5. The minimum atomic E-state index is -0.791. The number of nitrogens with zero attached hydrogens (tertiary/aromatic N) is 1. The van der Waals surface area contributed by atoms with Crippen LogP contribution in [-0.4, -0.2) is 4.98 Å². The van der Waals surface area contributed by atoms with Gasteiger partial charge in [0.05, 0.1) is 0 Å². The van der Waals surface area contributed by atoms with Crippen molar-refractivity contribution in [1.29, 1.82) is 0 Å². The molecule has 0 fully saturated rings. The van der Waals surface area contributed by atoms with Crippen LogP contribution in [0.25, 0.3) is 0 Å². The monoisotopic (exact) mass is 234 g/mol. The van der Waals surface area contributed by atoms with E-state index in [2.05, 4.69) is 4.98 Å². The molecule has 0 saturated carbocycles. The third kappa shape index (κ3) is 2.41. The molecule has 0 aliphatic carbocycles. The van der Waals surface area contributed by atoms with Crippen LogP contribution in [0.3, 0.4) is 0 Å². The van der Waals surface area contributed by atoms with Crippen molar-refractivity contribution in [2.24, 2.45) is 0 Å². The van der Waals surface area contributed by atoms with Crippen molar-refractivity contribution in [2.45, 2.75) is 13.3 Å². The number of anilines is 1. The lowest BCUT2D eigenvalue weighted by Gasteiger charge is -2.06. The van der Waals surface area contributed by atoms with E-state index in [-0.39, 0.29) is 0 Å². The standard InChI is InChI=1S/C13H12F2N2/c1-8-2-3-10(13(15)12(8)14)6-9-4-5-17-11(16)7-9/h2-5,7H,6H2,1H3,(H2,16,17). The van der Waals surface area contributed by atoms with Gasteiger partial charge in [0.2, 0.25) is 0 Å². The summed E-state index contributed by atoms with van der Waals surface area (Å²) in [4.78, 5) is 3.85. The number of aromatic nitrogens is 1. The second-order valence-electron chi connectivity index (χ2n) is 3.94. The molecule has 4 heteroatoms. The molecule has 0 saturated heterocycles. The largest absolute Gasteiger partial charge is 0.384 e. The molecule has 88 valence electrons. The predicted molar refractivity (Wildman–Crippen MR) is 62.6 cm³/mol. The summed E-state index contributed by atoms with van der Waals surface area (Å²) in [5.41, 5.74) is 6.95. The van der Waals surface area contributed by atoms with E-state index >= 15 is 0 Å². The average Bonchev–Trinajstić information content (AvgIpc) is 2.30. The number of hydrogen-bond donors (Lipinski definition) is 1. The first-order chi connectivity index (χ1) is 8.08. The zero-order chi connectivity index (χ0) is 12.4. The molecule has 0 radical (unpaired) electrons. The van der Waals surface area contributed by atoms with Crippen molar-refractivity contribution in [3.63, 3.8) is 0 Å². The Hall–Kier alpha value is -1.97. The summed E-state index contributed by atoms with van der Waals surface area (Å²) in [5.74, 6) is -1.21. The molecule has 2 rings (SSSR count). The van der Waals surface area contributed by atoms with Gasteiger partial charge >= 0.3 is 0 Å². The highest BCUT2D eigenvalue weighted by atomic mass is 19.2. The maximum atomic E-state index is 13.6. The minimum absolute atomic E-state index is 0.301. The van der Waals surface area contributed by atoms with Gasteiger partial charge < -0.3 is 5.73 Å². The van der Waals surface area contributed by atoms with E-state index < -0.39 is 11.6 Å². The van der Waals surface area contributed by atoms with Crippen LogP contribution in [0, 0.1) is 18.6 Å². The molecule has 0 aliphatic rings. The maximum Gasteiger partial charge on any atom is 0.162 e. The zero-order valence-corrected chi connectivity index (χ0v) is 9.37. The quantitative estimate of drug-likeness (QED) is 0.867. The van der Waals surface area contributed by atoms with Crippen molar-refractivity contribution in [3.8, 4) is 0 Å². The van der Waals surface area contributed by atoms with Gasteiger partial charge in [0.15, 0.2) is 11.6 Å². The van der Waals surface area contributed by atoms with Gasteiger partial charge in [0.1, 0.15) is 5.82 Å². The minimum Gasteiger partial charge on any atom is -0.384 e. The number of benzene rings is 1. The fraction of sp³-hybridized carbons (Fsp3) is 0.154. The Bertz CT molecular complexity index is 553. The van der Waals surface area contributed by atoms with Crippen LogP contribution < -0.4 is 5.73 Å². The number of rotatable bonds is 2. The molecule has 0 amide bonds. The second-order valence-corrected chi connectivity index (χ2v) is 3.94. The molecule has 0 aliphatic heterocycles. The molecule has 0 spiro atoms. The van der Waals surface area contributed by atoms with Gasteiger partial charge in [-0.05, 0) is 35.7 Å². The van der Waals surface area contributed by atoms with Crippen molar-refractivity contribution in [1.82, 2.24) is 4.98 Å². The van der Waals surface area contributed by atoms with Crippen LogP contribution >= 0.6 is 0 Å². The molecule has 1 aromatic carbocycles. The Morgan fingerprint density at radius 1 is 1.18 bits per heavy atom. The van der Waals surface area contributed by atoms with Crippen LogP contribution in [-0.2, 0) is 6.42 Å². The Labute approximate surface area is 98.1 Å². The van der Waals surface area contributed by atoms with Crippen LogP contribution in [0.15, 0.2) is 30.5 Å². The number of aryl methyl sites for hydroxylation is 1. The maximum absolute atomic E-state index is 13.6. The van der Waals surface area contributed by atoms with E-state index in [0.29, 0.717) is 23.4 Å². The number of nitrogens with two attached hydrogens (primary N) is 1. The van der Waals surface area contributed by atoms with E-state index in [0.717, 1.165) is 5.56 Å². The van der Waals surface area contributed by atoms with Crippen molar-refractivity contribution < 1.29 is 8.78 Å². The number of hydrogen-bond acceptors (Lipinski definition) is 2. The molecule has 2 nitrogen and oxygen atoms in total. The molecule has 2 N–H and O–H groups in total. The average molecular weight is 234 g/mol. The summed E-state index contributed by atoms with van der Waals surface area (Å²) in [6.07, 6.45) is 1.85. The smallest absolute Gasteiger partial charge is 0.162 e. The van der Waals surface area contributed by atoms with E-state index in [1.807, 2.05) is 0 Å². The molecular formula is C13H12F2N2. The normalized spacial score (nSPS) is 10.5. The van der Waals surface area contributed by atoms with E-state index in [4.69, 9.17) is 5.73 Å². The Kier molecular flexibility index (Phi) is 3.04. The number of nitrogen functional groups attached to an aromatic ring is 1. The molecule has 1 aromatic heterocycles. The summed E-state index contributed by atoms with van der Waals surface area (Å²) in [6.45, 7) is 1.53. The summed E-state index contributed by atoms with van der Waals surface area (Å²) in [7, 11) is 0. The van der Waals surface area contributed by atoms with Gasteiger partial charge in [-0.15, -0.1) is 0 Å². The van der Waals surface area contributed by atoms with Gasteiger partial charge in [-0.1, -0.05) is 12.1 Å². The summed E-state index contributed by atoms with van der Waals surface area (Å²) in [5, 5.41) is 0. The highest BCUT2D eigenvalue weighted by Gasteiger charge is 2.11. The topological polar surface area (TPSA) is 38.9 Å². The van der Waals surface area contributed by atoms with Crippen molar-refractivity contribution in [3.05, 3.63) is 58.8 Å². The summed E-state index contributed by atoms with van der Waals surface area (Å²) >= 11 is 0. The number of pyridine rings is 1. The van der Waals surface area contributed by atoms with Gasteiger partial charge in [-0.25, -0.2) is 13.8 Å². The first-order valence-electron chi connectivity index (χ1n) is 5.22. The van der Waals surface area contributed by atoms with Gasteiger partial charge in [-0.2, -0.15) is 0 Å². The van der Waals surface area contributed by atoms with Crippen LogP contribution in [0.5, 0.6) is 0 Å². The second kappa shape index (κ2) is 4.49. The zero-order valence-electron chi connectivity index (χ0n) is 9.37. The molecule has 0 bridgehead atoms. The predicted octanol–water partition coefficient (Wildman–Crippen LogP) is 2.84. The Morgan fingerprint density at radius 3 is 2.65 bits per heavy atom. The summed E-state index contributed by atoms with van der Waals surface area (Å²) < 4.78 is 27.0. The van der Waals surface area contributed by atoms with E-state index in [9.17, 15) is 8.78 Å². The summed E-state index contributed by atoms with van der Waals surface area (Å²) in [6, 6.07) is 6.54. The molecular weight excluding hydrogens is 222 g/mol. The van der Waals surface area contributed by atoms with E-state index in [1.54, 1.807) is 30.5 Å². The van der Waals surface area contributed by atoms with Crippen molar-refractivity contribution in [2.75, 3.05) is 5.73 Å². The van der Waals surface area contributed by atoms with Crippen molar-refractivity contribution >= 4 is 5.82 Å². The van der Waals surface area contributed by atoms with Gasteiger partial charge in [0, 0.05) is 12.6 Å². The fourth-order valence-electron chi connectivity index (χ4n) is 1.65. The lowest BCUT2D eigenvalue weighted by atomic mass is 10.0. The molecule has 17 heavy (non-hydrogen) atoms. The third-order valence-corrected chi connectivity index (χ3v) is 2.60. The molecule has 2 aromatic rings. The lowest BCUT2D eigenvalue weighted by molar-refractivity contribution is 0.495. The van der Waals surface area contributed by atoms with Crippen LogP contribution in [0.1, 0.15) is 16.7 Å². The van der Waals surface area contributed by atoms with Gasteiger partial charge in [-0.3, -0.25) is 0 Å². The fourth-order valence-corrected chi connectivity index (χ4v) is 1.65. The number of halogens is 2. The highest BCUT2D eigenvalue weighted by molar-refractivity contribution is 5.36. The third-order valence-electron chi connectivity index (χ3n) is 2.60. The molecule has 0 unspecified atom stereocenters. The van der Waals surface area contributed by atoms with E-state index in [1.165, 1.54) is 6.92 Å². The first-order valence-corrected chi connectivity index (χ1v) is 5.22. The Morgan fingerprint density at radius 2 is 1.94 bits per heavy atom. The SMILES string of the molecule is Cc1ccc(Cc2ccnc(N)c2)c(F)c1F.